The average molecular weight is 230 g/mol. The highest BCUT2D eigenvalue weighted by atomic mass is 35.5. The van der Waals surface area contributed by atoms with Crippen LogP contribution in [0.3, 0.4) is 0 Å². The van der Waals surface area contributed by atoms with Crippen molar-refractivity contribution in [3.63, 3.8) is 0 Å². The lowest BCUT2D eigenvalue weighted by atomic mass is 10.0. The van der Waals surface area contributed by atoms with Crippen molar-refractivity contribution >= 4 is 29.6 Å². The number of halogens is 2. The topological polar surface area (TPSA) is 12.0 Å². The second-order valence-electron chi connectivity index (χ2n) is 3.19. The Labute approximate surface area is 95.6 Å². The molecule has 0 atom stereocenters. The first-order valence-electron chi connectivity index (χ1n) is 4.52. The van der Waals surface area contributed by atoms with Gasteiger partial charge in [0.15, 0.2) is 0 Å². The first-order chi connectivity index (χ1) is 6.36. The Morgan fingerprint density at radius 3 is 2.79 bits per heavy atom. The van der Waals surface area contributed by atoms with E-state index < -0.39 is 0 Å². The second kappa shape index (κ2) is 5.40. The van der Waals surface area contributed by atoms with Gasteiger partial charge in [-0.1, -0.05) is 29.8 Å². The van der Waals surface area contributed by atoms with Crippen LogP contribution in [-0.2, 0) is 0 Å². The summed E-state index contributed by atoms with van der Waals surface area (Å²) in [5.41, 5.74) is 2.66. The minimum Gasteiger partial charge on any atom is -0.313 e. The number of benzene rings is 1. The molecule has 1 aromatic carbocycles. The Kier molecular flexibility index (Phi) is 4.46. The van der Waals surface area contributed by atoms with Crippen LogP contribution in [0.25, 0.3) is 5.57 Å². The van der Waals surface area contributed by atoms with Gasteiger partial charge in [-0.25, -0.2) is 0 Å². The Morgan fingerprint density at radius 2 is 2.14 bits per heavy atom. The maximum absolute atomic E-state index is 5.92. The monoisotopic (exact) mass is 229 g/mol. The maximum Gasteiger partial charge on any atom is 0.0412 e. The summed E-state index contributed by atoms with van der Waals surface area (Å²) in [6.45, 7) is 2.04. The lowest BCUT2D eigenvalue weighted by Crippen LogP contribution is -2.19. The van der Waals surface area contributed by atoms with Gasteiger partial charge >= 0.3 is 0 Å². The van der Waals surface area contributed by atoms with Crippen molar-refractivity contribution in [3.8, 4) is 0 Å². The molecule has 0 spiro atoms. The lowest BCUT2D eigenvalue weighted by molar-refractivity contribution is 0.738. The Bertz CT molecular complexity index is 334. The molecule has 1 nitrogen and oxygen atoms in total. The van der Waals surface area contributed by atoms with Crippen LogP contribution < -0.4 is 5.32 Å². The van der Waals surface area contributed by atoms with E-state index in [4.69, 9.17) is 11.6 Å². The molecular formula is C11H13Cl2N. The molecule has 0 fully saturated rings. The van der Waals surface area contributed by atoms with Gasteiger partial charge in [-0.05, 0) is 36.2 Å². The predicted octanol–water partition coefficient (Wildman–Crippen LogP) is 3.14. The molecule has 0 aliphatic carbocycles. The van der Waals surface area contributed by atoms with Crippen LogP contribution in [0.15, 0.2) is 30.3 Å². The molecule has 0 unspecified atom stereocenters. The van der Waals surface area contributed by atoms with Crippen molar-refractivity contribution in [1.82, 2.24) is 5.32 Å². The fourth-order valence-corrected chi connectivity index (χ4v) is 1.76. The third-order valence-corrected chi connectivity index (χ3v) is 2.49. The molecule has 0 bridgehead atoms. The molecule has 0 amide bonds. The van der Waals surface area contributed by atoms with Crippen LogP contribution in [0.2, 0.25) is 5.02 Å². The van der Waals surface area contributed by atoms with Gasteiger partial charge in [0.25, 0.3) is 0 Å². The number of hydrogen-bond acceptors (Lipinski definition) is 1. The normalized spacial score (nSPS) is 15.6. The summed E-state index contributed by atoms with van der Waals surface area (Å²) in [6.07, 6.45) is 3.33. The van der Waals surface area contributed by atoms with E-state index in [9.17, 15) is 0 Å². The minimum atomic E-state index is 0. The van der Waals surface area contributed by atoms with Crippen LogP contribution >= 0.6 is 24.0 Å². The van der Waals surface area contributed by atoms with Gasteiger partial charge in [0.1, 0.15) is 0 Å². The third-order valence-electron chi connectivity index (χ3n) is 2.26. The van der Waals surface area contributed by atoms with E-state index in [0.29, 0.717) is 0 Å². The molecule has 0 radical (unpaired) electrons. The summed E-state index contributed by atoms with van der Waals surface area (Å²) in [5.74, 6) is 0. The second-order valence-corrected chi connectivity index (χ2v) is 3.63. The molecular weight excluding hydrogens is 217 g/mol. The van der Waals surface area contributed by atoms with E-state index in [1.54, 1.807) is 0 Å². The fourth-order valence-electron chi connectivity index (χ4n) is 1.57. The zero-order valence-corrected chi connectivity index (χ0v) is 9.37. The van der Waals surface area contributed by atoms with Gasteiger partial charge in [0, 0.05) is 11.6 Å². The van der Waals surface area contributed by atoms with Crippen molar-refractivity contribution < 1.29 is 0 Å². The summed E-state index contributed by atoms with van der Waals surface area (Å²) in [4.78, 5) is 0. The van der Waals surface area contributed by atoms with Crippen molar-refractivity contribution in [2.75, 3.05) is 13.1 Å². The quantitative estimate of drug-likeness (QED) is 0.781. The van der Waals surface area contributed by atoms with E-state index in [1.165, 1.54) is 11.1 Å². The fraction of sp³-hybridized carbons (Fsp3) is 0.273. The first kappa shape index (κ1) is 11.6. The van der Waals surface area contributed by atoms with Crippen molar-refractivity contribution in [1.29, 1.82) is 0 Å². The highest BCUT2D eigenvalue weighted by molar-refractivity contribution is 6.30. The predicted molar refractivity (Wildman–Crippen MR) is 64.2 cm³/mol. The number of hydrogen-bond donors (Lipinski definition) is 1. The molecule has 0 saturated heterocycles. The number of rotatable bonds is 1. The summed E-state index contributed by atoms with van der Waals surface area (Å²) >= 11 is 5.92. The molecule has 1 aromatic rings. The molecule has 1 heterocycles. The Hall–Kier alpha value is -0.500. The maximum atomic E-state index is 5.92. The van der Waals surface area contributed by atoms with Gasteiger partial charge in [-0.15, -0.1) is 12.4 Å². The van der Waals surface area contributed by atoms with E-state index in [1.807, 2.05) is 18.2 Å². The van der Waals surface area contributed by atoms with Gasteiger partial charge in [0.05, 0.1) is 0 Å². The van der Waals surface area contributed by atoms with Gasteiger partial charge < -0.3 is 5.32 Å². The van der Waals surface area contributed by atoms with Gasteiger partial charge in [-0.3, -0.25) is 0 Å². The Morgan fingerprint density at radius 1 is 1.29 bits per heavy atom. The molecule has 0 saturated carbocycles. The van der Waals surface area contributed by atoms with E-state index >= 15 is 0 Å². The summed E-state index contributed by atoms with van der Waals surface area (Å²) in [6, 6.07) is 8.05. The van der Waals surface area contributed by atoms with Crippen molar-refractivity contribution in [2.45, 2.75) is 6.42 Å². The largest absolute Gasteiger partial charge is 0.313 e. The third kappa shape index (κ3) is 2.74. The standard InChI is InChI=1S/C11H12ClN.ClH/c12-11-3-1-2-10(8-11)9-4-6-13-7-5-9;/h1-4,8,13H,5-7H2;1H. The summed E-state index contributed by atoms with van der Waals surface area (Å²) in [5, 5.41) is 4.11. The average Bonchev–Trinajstić information content (AvgIpc) is 2.19. The number of nitrogens with one attached hydrogen (secondary N) is 1. The van der Waals surface area contributed by atoms with Crippen LogP contribution in [0.5, 0.6) is 0 Å². The molecule has 76 valence electrons. The summed E-state index contributed by atoms with van der Waals surface area (Å²) in [7, 11) is 0. The summed E-state index contributed by atoms with van der Waals surface area (Å²) < 4.78 is 0. The van der Waals surface area contributed by atoms with E-state index in [2.05, 4.69) is 17.5 Å². The molecule has 3 heteroatoms. The molecule has 14 heavy (non-hydrogen) atoms. The first-order valence-corrected chi connectivity index (χ1v) is 4.90. The van der Waals surface area contributed by atoms with Crippen LogP contribution in [0.4, 0.5) is 0 Å². The molecule has 0 aromatic heterocycles. The van der Waals surface area contributed by atoms with Crippen LogP contribution in [0, 0.1) is 0 Å². The smallest absolute Gasteiger partial charge is 0.0412 e. The Balaban J connectivity index is 0.000000980. The zero-order chi connectivity index (χ0) is 9.10. The van der Waals surface area contributed by atoms with Gasteiger partial charge in [-0.2, -0.15) is 0 Å². The molecule has 1 N–H and O–H groups in total. The molecule has 2 rings (SSSR count). The zero-order valence-electron chi connectivity index (χ0n) is 7.79. The van der Waals surface area contributed by atoms with Crippen molar-refractivity contribution in [2.24, 2.45) is 0 Å². The molecule has 1 aliphatic rings. The van der Waals surface area contributed by atoms with Crippen LogP contribution in [-0.4, -0.2) is 13.1 Å². The highest BCUT2D eigenvalue weighted by Crippen LogP contribution is 2.22. The SMILES string of the molecule is Cl.Clc1cccc(C2=CCNCC2)c1. The highest BCUT2D eigenvalue weighted by Gasteiger charge is 2.05. The molecule has 1 aliphatic heterocycles. The van der Waals surface area contributed by atoms with Crippen LogP contribution in [0.1, 0.15) is 12.0 Å². The van der Waals surface area contributed by atoms with E-state index in [-0.39, 0.29) is 12.4 Å². The van der Waals surface area contributed by atoms with Crippen molar-refractivity contribution in [3.05, 3.63) is 40.9 Å². The van der Waals surface area contributed by atoms with E-state index in [0.717, 1.165) is 24.5 Å². The minimum absolute atomic E-state index is 0. The van der Waals surface area contributed by atoms with Gasteiger partial charge in [0.2, 0.25) is 0 Å². The lowest BCUT2D eigenvalue weighted by Gasteiger charge is -2.14.